The molecule has 1 aliphatic heterocycles. The highest BCUT2D eigenvalue weighted by atomic mass is 16.3. The van der Waals surface area contributed by atoms with Crippen molar-refractivity contribution in [1.82, 2.24) is 14.5 Å². The van der Waals surface area contributed by atoms with Gasteiger partial charge in [-0.25, -0.2) is 4.98 Å². The molecule has 4 nitrogen and oxygen atoms in total. The molecule has 1 aromatic carbocycles. The summed E-state index contributed by atoms with van der Waals surface area (Å²) in [5.41, 5.74) is 5.68. The maximum Gasteiger partial charge on any atom is 0.101 e. The number of aliphatic hydroxyl groups excluding tert-OH is 1. The van der Waals surface area contributed by atoms with E-state index >= 15 is 0 Å². The second-order valence-electron chi connectivity index (χ2n) is 6.41. The quantitative estimate of drug-likeness (QED) is 0.751. The minimum absolute atomic E-state index is 0.119. The number of aromatic nitrogens is 3. The van der Waals surface area contributed by atoms with Crippen molar-refractivity contribution in [3.63, 3.8) is 0 Å². The van der Waals surface area contributed by atoms with Gasteiger partial charge in [0.15, 0.2) is 0 Å². The Morgan fingerprint density at radius 1 is 1.13 bits per heavy atom. The van der Waals surface area contributed by atoms with Gasteiger partial charge in [-0.15, -0.1) is 0 Å². The van der Waals surface area contributed by atoms with E-state index in [1.54, 1.807) is 6.20 Å². The van der Waals surface area contributed by atoms with Gasteiger partial charge in [0.05, 0.1) is 30.0 Å². The Hall–Kier alpha value is -2.46. The number of hydrogen-bond donors (Lipinski definition) is 1. The van der Waals surface area contributed by atoms with Gasteiger partial charge in [0.2, 0.25) is 0 Å². The van der Waals surface area contributed by atoms with Crippen LogP contribution in [0.25, 0.3) is 11.3 Å². The molecule has 0 spiro atoms. The van der Waals surface area contributed by atoms with E-state index in [4.69, 9.17) is 0 Å². The zero-order chi connectivity index (χ0) is 15.4. The first kappa shape index (κ1) is 13.0. The molecule has 3 aromatic rings. The lowest BCUT2D eigenvalue weighted by atomic mass is 9.78. The number of aryl methyl sites for hydroxylation is 1. The van der Waals surface area contributed by atoms with E-state index in [0.29, 0.717) is 0 Å². The second kappa shape index (κ2) is 4.77. The Labute approximate surface area is 134 Å². The minimum atomic E-state index is -0.536. The summed E-state index contributed by atoms with van der Waals surface area (Å²) in [4.78, 5) is 8.77. The molecule has 0 amide bonds. The highest BCUT2D eigenvalue weighted by Gasteiger charge is 2.40. The predicted molar refractivity (Wildman–Crippen MR) is 86.8 cm³/mol. The lowest BCUT2D eigenvalue weighted by Crippen LogP contribution is -2.29. The molecule has 1 N–H and O–H groups in total. The molecule has 3 heterocycles. The molecule has 0 radical (unpaired) electrons. The molecule has 114 valence electrons. The predicted octanol–water partition coefficient (Wildman–Crippen LogP) is 3.14. The van der Waals surface area contributed by atoms with Crippen molar-refractivity contribution in [2.75, 3.05) is 0 Å². The smallest absolute Gasteiger partial charge is 0.101 e. The first-order valence-corrected chi connectivity index (χ1v) is 8.07. The molecular formula is C19H17N3O. The summed E-state index contributed by atoms with van der Waals surface area (Å²) >= 11 is 0. The zero-order valence-electron chi connectivity index (χ0n) is 12.6. The Balaban J connectivity index is 1.64. The van der Waals surface area contributed by atoms with Crippen molar-refractivity contribution in [1.29, 1.82) is 0 Å². The van der Waals surface area contributed by atoms with E-state index in [-0.39, 0.29) is 12.0 Å². The van der Waals surface area contributed by atoms with Gasteiger partial charge in [0, 0.05) is 17.7 Å². The number of rotatable bonds is 1. The summed E-state index contributed by atoms with van der Waals surface area (Å²) < 4.78 is 2.21. The van der Waals surface area contributed by atoms with Crippen LogP contribution in [-0.4, -0.2) is 19.6 Å². The molecule has 0 saturated heterocycles. The molecule has 1 aliphatic carbocycles. The SMILES string of the molecule is O[C@H]1c2ncccc2CCC1C1c2ccccc2-c2cncn21. The van der Waals surface area contributed by atoms with Gasteiger partial charge in [-0.2, -0.15) is 0 Å². The fraction of sp³-hybridized carbons (Fsp3) is 0.263. The van der Waals surface area contributed by atoms with Crippen LogP contribution in [0, 0.1) is 5.92 Å². The van der Waals surface area contributed by atoms with Crippen molar-refractivity contribution < 1.29 is 5.11 Å². The maximum atomic E-state index is 11.0. The number of imidazole rings is 1. The summed E-state index contributed by atoms with van der Waals surface area (Å²) in [7, 11) is 0. The van der Waals surface area contributed by atoms with Crippen LogP contribution in [0.5, 0.6) is 0 Å². The van der Waals surface area contributed by atoms with Crippen LogP contribution in [0.4, 0.5) is 0 Å². The average Bonchev–Trinajstić information content (AvgIpc) is 3.17. The second-order valence-corrected chi connectivity index (χ2v) is 6.41. The van der Waals surface area contributed by atoms with E-state index in [1.807, 2.05) is 18.6 Å². The molecule has 0 saturated carbocycles. The van der Waals surface area contributed by atoms with Gasteiger partial charge in [0.1, 0.15) is 6.10 Å². The Bertz CT molecular complexity index is 886. The molecule has 5 rings (SSSR count). The number of pyridine rings is 1. The van der Waals surface area contributed by atoms with Gasteiger partial charge in [-0.3, -0.25) is 4.98 Å². The molecule has 4 heteroatoms. The third kappa shape index (κ3) is 1.75. The fourth-order valence-electron chi connectivity index (χ4n) is 4.25. The van der Waals surface area contributed by atoms with E-state index in [2.05, 4.69) is 44.9 Å². The van der Waals surface area contributed by atoms with Crippen molar-refractivity contribution in [2.45, 2.75) is 25.0 Å². The van der Waals surface area contributed by atoms with E-state index < -0.39 is 6.10 Å². The first-order chi connectivity index (χ1) is 11.3. The van der Waals surface area contributed by atoms with Crippen molar-refractivity contribution in [3.05, 3.63) is 71.9 Å². The van der Waals surface area contributed by atoms with Gasteiger partial charge < -0.3 is 9.67 Å². The largest absolute Gasteiger partial charge is 0.386 e. The maximum absolute atomic E-state index is 11.0. The normalized spacial score (nSPS) is 24.8. The Morgan fingerprint density at radius 2 is 2.04 bits per heavy atom. The van der Waals surface area contributed by atoms with E-state index in [9.17, 15) is 5.11 Å². The lowest BCUT2D eigenvalue weighted by molar-refractivity contribution is 0.0679. The number of fused-ring (bicyclic) bond motifs is 4. The molecule has 0 bridgehead atoms. The minimum Gasteiger partial charge on any atom is -0.386 e. The van der Waals surface area contributed by atoms with Crippen LogP contribution < -0.4 is 0 Å². The highest BCUT2D eigenvalue weighted by molar-refractivity contribution is 5.69. The van der Waals surface area contributed by atoms with Gasteiger partial charge >= 0.3 is 0 Å². The lowest BCUT2D eigenvalue weighted by Gasteiger charge is -2.34. The number of nitrogens with zero attached hydrogens (tertiary/aromatic N) is 3. The molecule has 2 unspecified atom stereocenters. The van der Waals surface area contributed by atoms with Crippen LogP contribution in [0.1, 0.15) is 35.4 Å². The Kier molecular flexibility index (Phi) is 2.70. The van der Waals surface area contributed by atoms with Crippen LogP contribution >= 0.6 is 0 Å². The number of benzene rings is 1. The van der Waals surface area contributed by atoms with E-state index in [1.165, 1.54) is 16.7 Å². The summed E-state index contributed by atoms with van der Waals surface area (Å²) in [5, 5.41) is 11.0. The molecule has 2 aromatic heterocycles. The monoisotopic (exact) mass is 303 g/mol. The third-order valence-electron chi connectivity index (χ3n) is 5.29. The summed E-state index contributed by atoms with van der Waals surface area (Å²) in [5.74, 6) is 0.119. The topological polar surface area (TPSA) is 50.9 Å². The van der Waals surface area contributed by atoms with Crippen LogP contribution in [0.2, 0.25) is 0 Å². The van der Waals surface area contributed by atoms with Crippen molar-refractivity contribution in [2.24, 2.45) is 5.92 Å². The van der Waals surface area contributed by atoms with Crippen molar-refractivity contribution in [3.8, 4) is 11.3 Å². The molecule has 3 atom stereocenters. The standard InChI is InChI=1S/C19H17N3O/c23-19-15(8-7-12-4-3-9-21-17(12)19)18-14-6-2-1-5-13(14)16-10-20-11-22(16)18/h1-6,9-11,15,18-19,23H,7-8H2/t15?,18?,19-/m1/s1. The first-order valence-electron chi connectivity index (χ1n) is 8.07. The molecule has 2 aliphatic rings. The zero-order valence-corrected chi connectivity index (χ0v) is 12.6. The summed E-state index contributed by atoms with van der Waals surface area (Å²) in [6.45, 7) is 0. The number of aliphatic hydroxyl groups is 1. The van der Waals surface area contributed by atoms with Crippen LogP contribution in [0.15, 0.2) is 55.1 Å². The fourth-order valence-corrected chi connectivity index (χ4v) is 4.25. The Morgan fingerprint density at radius 3 is 3.00 bits per heavy atom. The van der Waals surface area contributed by atoms with Gasteiger partial charge in [-0.1, -0.05) is 30.3 Å². The molecular weight excluding hydrogens is 286 g/mol. The van der Waals surface area contributed by atoms with Crippen LogP contribution in [-0.2, 0) is 6.42 Å². The molecule has 0 fully saturated rings. The van der Waals surface area contributed by atoms with Gasteiger partial charge in [-0.05, 0) is 30.0 Å². The van der Waals surface area contributed by atoms with E-state index in [0.717, 1.165) is 24.2 Å². The highest BCUT2D eigenvalue weighted by Crippen LogP contribution is 2.49. The van der Waals surface area contributed by atoms with Crippen LogP contribution in [0.3, 0.4) is 0 Å². The van der Waals surface area contributed by atoms with Crippen molar-refractivity contribution >= 4 is 0 Å². The number of hydrogen-bond acceptors (Lipinski definition) is 3. The average molecular weight is 303 g/mol. The third-order valence-corrected chi connectivity index (χ3v) is 5.29. The van der Waals surface area contributed by atoms with Gasteiger partial charge in [0.25, 0.3) is 0 Å². The molecule has 23 heavy (non-hydrogen) atoms. The summed E-state index contributed by atoms with van der Waals surface area (Å²) in [6, 6.07) is 12.6. The summed E-state index contributed by atoms with van der Waals surface area (Å²) in [6.07, 6.45) is 6.96.